The Kier molecular flexibility index (Phi) is 7.57. The van der Waals surface area contributed by atoms with Gasteiger partial charge in [0.2, 0.25) is 0 Å². The second-order valence-electron chi connectivity index (χ2n) is 6.46. The standard InChI is InChI=1S/C24H17ClFN3O3/c25-18-8-2-4-10-20(18)29-24(31)17(14-27)13-16-7-1-6-12-22(16)32-15-23(30)28-21-11-5-3-9-19(21)26/h1-13H,15H2,(H,28,30)(H,29,31)/b17-13+. The first-order valence-electron chi connectivity index (χ1n) is 9.42. The van der Waals surface area contributed by atoms with E-state index in [1.54, 1.807) is 54.6 Å². The van der Waals surface area contributed by atoms with Crippen LogP contribution in [0, 0.1) is 17.1 Å². The normalized spacial score (nSPS) is 10.7. The predicted molar refractivity (Wildman–Crippen MR) is 121 cm³/mol. The molecule has 2 N–H and O–H groups in total. The van der Waals surface area contributed by atoms with E-state index in [0.29, 0.717) is 16.3 Å². The maximum atomic E-state index is 13.7. The summed E-state index contributed by atoms with van der Waals surface area (Å²) < 4.78 is 19.2. The molecule has 0 saturated heterocycles. The van der Waals surface area contributed by atoms with Crippen LogP contribution in [0.3, 0.4) is 0 Å². The van der Waals surface area contributed by atoms with Gasteiger partial charge in [-0.3, -0.25) is 9.59 Å². The second-order valence-corrected chi connectivity index (χ2v) is 6.87. The number of carbonyl (C=O) groups is 2. The Hall–Kier alpha value is -4.15. The van der Waals surface area contributed by atoms with Crippen molar-refractivity contribution in [1.82, 2.24) is 0 Å². The van der Waals surface area contributed by atoms with E-state index in [9.17, 15) is 19.2 Å². The minimum absolute atomic E-state index is 0.0392. The van der Waals surface area contributed by atoms with E-state index in [2.05, 4.69) is 10.6 Å². The zero-order valence-electron chi connectivity index (χ0n) is 16.6. The Bertz CT molecular complexity index is 1220. The van der Waals surface area contributed by atoms with Crippen molar-refractivity contribution >= 4 is 40.9 Å². The van der Waals surface area contributed by atoms with Gasteiger partial charge in [-0.1, -0.05) is 54.1 Å². The zero-order valence-corrected chi connectivity index (χ0v) is 17.4. The molecule has 0 spiro atoms. The third-order valence-corrected chi connectivity index (χ3v) is 4.54. The van der Waals surface area contributed by atoms with Gasteiger partial charge < -0.3 is 15.4 Å². The largest absolute Gasteiger partial charge is 0.483 e. The number of nitrogens with zero attached hydrogens (tertiary/aromatic N) is 1. The summed E-state index contributed by atoms with van der Waals surface area (Å²) in [4.78, 5) is 24.6. The quantitative estimate of drug-likeness (QED) is 0.390. The number of amides is 2. The van der Waals surface area contributed by atoms with Gasteiger partial charge in [-0.15, -0.1) is 0 Å². The van der Waals surface area contributed by atoms with Gasteiger partial charge in [0.15, 0.2) is 6.61 Å². The average molecular weight is 450 g/mol. The molecule has 0 radical (unpaired) electrons. The predicted octanol–water partition coefficient (Wildman–Crippen LogP) is 5.04. The third-order valence-electron chi connectivity index (χ3n) is 4.21. The first-order valence-corrected chi connectivity index (χ1v) is 9.79. The van der Waals surface area contributed by atoms with Crippen LogP contribution in [0.1, 0.15) is 5.56 Å². The van der Waals surface area contributed by atoms with Crippen molar-refractivity contribution in [3.63, 3.8) is 0 Å². The van der Waals surface area contributed by atoms with Crippen molar-refractivity contribution in [2.24, 2.45) is 0 Å². The first kappa shape index (κ1) is 22.5. The summed E-state index contributed by atoms with van der Waals surface area (Å²) in [7, 11) is 0. The van der Waals surface area contributed by atoms with Crippen LogP contribution >= 0.6 is 11.6 Å². The van der Waals surface area contributed by atoms with Crippen molar-refractivity contribution in [3.05, 3.63) is 94.8 Å². The van der Waals surface area contributed by atoms with E-state index >= 15 is 0 Å². The summed E-state index contributed by atoms with van der Waals surface area (Å²) >= 11 is 6.04. The van der Waals surface area contributed by atoms with Crippen molar-refractivity contribution in [2.45, 2.75) is 0 Å². The van der Waals surface area contributed by atoms with E-state index in [-0.39, 0.29) is 17.0 Å². The molecular formula is C24H17ClFN3O3. The summed E-state index contributed by atoms with van der Waals surface area (Å²) in [6.45, 7) is -0.396. The monoisotopic (exact) mass is 449 g/mol. The molecule has 3 aromatic rings. The number of nitrogens with one attached hydrogen (secondary N) is 2. The summed E-state index contributed by atoms with van der Waals surface area (Å²) in [5, 5.41) is 14.8. The smallest absolute Gasteiger partial charge is 0.266 e. The van der Waals surface area contributed by atoms with E-state index in [4.69, 9.17) is 16.3 Å². The van der Waals surface area contributed by atoms with Crippen LogP contribution in [0.25, 0.3) is 6.08 Å². The molecule has 0 heterocycles. The van der Waals surface area contributed by atoms with Gasteiger partial charge in [-0.2, -0.15) is 5.26 Å². The van der Waals surface area contributed by atoms with Crippen molar-refractivity contribution in [2.75, 3.05) is 17.2 Å². The van der Waals surface area contributed by atoms with Crippen LogP contribution < -0.4 is 15.4 Å². The number of benzene rings is 3. The third kappa shape index (κ3) is 5.94. The lowest BCUT2D eigenvalue weighted by atomic mass is 10.1. The molecule has 32 heavy (non-hydrogen) atoms. The SMILES string of the molecule is N#C/C(=C\c1ccccc1OCC(=O)Nc1ccccc1F)C(=O)Nc1ccccc1Cl. The Morgan fingerprint density at radius 3 is 2.34 bits per heavy atom. The highest BCUT2D eigenvalue weighted by Gasteiger charge is 2.13. The van der Waals surface area contributed by atoms with Crippen LogP contribution in [0.15, 0.2) is 78.4 Å². The van der Waals surface area contributed by atoms with Crippen molar-refractivity contribution < 1.29 is 18.7 Å². The van der Waals surface area contributed by atoms with E-state index < -0.39 is 24.2 Å². The average Bonchev–Trinajstić information content (AvgIpc) is 2.79. The molecule has 8 heteroatoms. The number of nitriles is 1. The minimum Gasteiger partial charge on any atom is -0.483 e. The molecule has 3 rings (SSSR count). The molecule has 0 aliphatic carbocycles. The van der Waals surface area contributed by atoms with Crippen LogP contribution in [-0.2, 0) is 9.59 Å². The fourth-order valence-electron chi connectivity index (χ4n) is 2.68. The van der Waals surface area contributed by atoms with E-state index in [0.717, 1.165) is 0 Å². The summed E-state index contributed by atoms with van der Waals surface area (Å²) in [5.41, 5.74) is 0.640. The van der Waals surface area contributed by atoms with Gasteiger partial charge in [0.05, 0.1) is 16.4 Å². The van der Waals surface area contributed by atoms with Crippen LogP contribution in [0.2, 0.25) is 5.02 Å². The molecule has 0 atom stereocenters. The molecular weight excluding hydrogens is 433 g/mol. The Morgan fingerprint density at radius 2 is 1.62 bits per heavy atom. The van der Waals surface area contributed by atoms with Gasteiger partial charge in [-0.05, 0) is 36.4 Å². The molecule has 0 fully saturated rings. The Balaban J connectivity index is 1.72. The molecule has 160 valence electrons. The number of hydrogen-bond donors (Lipinski definition) is 2. The first-order chi connectivity index (χ1) is 15.5. The van der Waals surface area contributed by atoms with Gasteiger partial charge in [0.1, 0.15) is 23.2 Å². The number of hydrogen-bond acceptors (Lipinski definition) is 4. The molecule has 0 unspecified atom stereocenters. The highest BCUT2D eigenvalue weighted by Crippen LogP contribution is 2.24. The molecule has 0 bridgehead atoms. The molecule has 6 nitrogen and oxygen atoms in total. The summed E-state index contributed by atoms with van der Waals surface area (Å²) in [6.07, 6.45) is 1.34. The fourth-order valence-corrected chi connectivity index (χ4v) is 2.86. The number of para-hydroxylation sites is 3. The molecule has 3 aromatic carbocycles. The highest BCUT2D eigenvalue weighted by molar-refractivity contribution is 6.34. The van der Waals surface area contributed by atoms with Crippen LogP contribution in [0.5, 0.6) is 5.75 Å². The molecule has 2 amide bonds. The topological polar surface area (TPSA) is 91.2 Å². The highest BCUT2D eigenvalue weighted by atomic mass is 35.5. The van der Waals surface area contributed by atoms with Crippen molar-refractivity contribution in [1.29, 1.82) is 5.26 Å². The molecule has 0 aliphatic heterocycles. The fraction of sp³-hybridized carbons (Fsp3) is 0.0417. The summed E-state index contributed by atoms with van der Waals surface area (Å²) in [5.74, 6) is -1.50. The maximum Gasteiger partial charge on any atom is 0.266 e. The van der Waals surface area contributed by atoms with E-state index in [1.165, 1.54) is 24.3 Å². The number of anilines is 2. The van der Waals surface area contributed by atoms with Gasteiger partial charge in [-0.25, -0.2) is 4.39 Å². The lowest BCUT2D eigenvalue weighted by molar-refractivity contribution is -0.118. The summed E-state index contributed by atoms with van der Waals surface area (Å²) in [6, 6.07) is 20.8. The van der Waals surface area contributed by atoms with Gasteiger partial charge in [0.25, 0.3) is 11.8 Å². The van der Waals surface area contributed by atoms with Crippen LogP contribution in [0.4, 0.5) is 15.8 Å². The molecule has 0 saturated carbocycles. The van der Waals surface area contributed by atoms with E-state index in [1.807, 2.05) is 6.07 Å². The Labute approximate surface area is 188 Å². The Morgan fingerprint density at radius 1 is 0.969 bits per heavy atom. The minimum atomic E-state index is -0.646. The number of rotatable bonds is 7. The van der Waals surface area contributed by atoms with Crippen LogP contribution in [-0.4, -0.2) is 18.4 Å². The van der Waals surface area contributed by atoms with Gasteiger partial charge >= 0.3 is 0 Å². The van der Waals surface area contributed by atoms with Gasteiger partial charge in [0, 0.05) is 5.56 Å². The molecule has 0 aromatic heterocycles. The maximum absolute atomic E-state index is 13.7. The number of carbonyl (C=O) groups excluding carboxylic acids is 2. The second kappa shape index (κ2) is 10.8. The molecule has 0 aliphatic rings. The number of halogens is 2. The lowest BCUT2D eigenvalue weighted by Crippen LogP contribution is -2.21. The zero-order chi connectivity index (χ0) is 22.9. The van der Waals surface area contributed by atoms with Crippen molar-refractivity contribution in [3.8, 4) is 11.8 Å². The lowest BCUT2D eigenvalue weighted by Gasteiger charge is -2.11. The number of ether oxygens (including phenoxy) is 1.